The Bertz CT molecular complexity index is 1160. The minimum atomic E-state index is -0.478. The van der Waals surface area contributed by atoms with E-state index in [0.717, 1.165) is 11.1 Å². The number of carbonyl (C=O) groups is 1. The summed E-state index contributed by atoms with van der Waals surface area (Å²) in [6.45, 7) is -0.763. The van der Waals surface area contributed by atoms with E-state index in [0.29, 0.717) is 28.8 Å². The van der Waals surface area contributed by atoms with E-state index in [2.05, 4.69) is 20.3 Å². The lowest BCUT2D eigenvalue weighted by Crippen LogP contribution is -2.29. The molecule has 8 heteroatoms. The molecule has 0 fully saturated rings. The van der Waals surface area contributed by atoms with E-state index in [1.807, 2.05) is 60.7 Å². The number of nitrogens with one attached hydrogen (secondary N) is 1. The molecule has 0 aliphatic rings. The number of aromatic hydroxyl groups is 1. The lowest BCUT2D eigenvalue weighted by Gasteiger charge is -2.11. The number of phenolic OH excluding ortho intramolecular Hbond substituents is 1. The van der Waals surface area contributed by atoms with Gasteiger partial charge in [0.25, 0.3) is 5.91 Å². The van der Waals surface area contributed by atoms with E-state index in [4.69, 9.17) is 9.84 Å². The number of phenols is 1. The number of amides is 1. The standard InChI is InChI=1S/C24H20N4O4/c29-15-25-21(31)14-32-18-11-12-19(20(30)13-18)24-27-22(16-7-3-1-4-8-16)26-23(28-24)17-9-5-2-6-10-17/h1-13,29-30H,14-15H2,(H,25,31). The second-order valence-corrected chi connectivity index (χ2v) is 6.76. The maximum Gasteiger partial charge on any atom is 0.259 e. The third-order valence-electron chi connectivity index (χ3n) is 4.56. The quantitative estimate of drug-likeness (QED) is 0.387. The van der Waals surface area contributed by atoms with Gasteiger partial charge in [-0.3, -0.25) is 4.79 Å². The summed E-state index contributed by atoms with van der Waals surface area (Å²) in [6.07, 6.45) is 0. The van der Waals surface area contributed by atoms with E-state index in [-0.39, 0.29) is 12.4 Å². The zero-order valence-corrected chi connectivity index (χ0v) is 17.0. The van der Waals surface area contributed by atoms with Crippen LogP contribution in [0.4, 0.5) is 0 Å². The van der Waals surface area contributed by atoms with Crippen molar-refractivity contribution >= 4 is 5.91 Å². The summed E-state index contributed by atoms with van der Waals surface area (Å²) in [5, 5.41) is 21.5. The number of nitrogens with zero attached hydrogens (tertiary/aromatic N) is 3. The molecule has 4 aromatic rings. The Hall–Kier alpha value is -4.30. The molecule has 8 nitrogen and oxygen atoms in total. The number of rotatable bonds is 7. The number of carbonyl (C=O) groups excluding carboxylic acids is 1. The van der Waals surface area contributed by atoms with Crippen LogP contribution in [0.15, 0.2) is 78.9 Å². The SMILES string of the molecule is O=C(COc1ccc(-c2nc(-c3ccccc3)nc(-c3ccccc3)n2)c(O)c1)NCO. The van der Waals surface area contributed by atoms with Gasteiger partial charge in [0.05, 0.1) is 5.56 Å². The molecule has 0 saturated heterocycles. The first kappa shape index (κ1) is 21.0. The zero-order chi connectivity index (χ0) is 22.3. The molecule has 0 saturated carbocycles. The van der Waals surface area contributed by atoms with Gasteiger partial charge in [0.15, 0.2) is 24.1 Å². The fraction of sp³-hybridized carbons (Fsp3) is 0.0833. The summed E-state index contributed by atoms with van der Waals surface area (Å²) in [5.74, 6) is 0.979. The number of hydrogen-bond acceptors (Lipinski definition) is 7. The summed E-state index contributed by atoms with van der Waals surface area (Å²) < 4.78 is 5.34. The third-order valence-corrected chi connectivity index (χ3v) is 4.56. The van der Waals surface area contributed by atoms with Crippen molar-refractivity contribution in [3.8, 4) is 45.7 Å². The molecule has 0 radical (unpaired) electrons. The number of benzene rings is 3. The maximum atomic E-state index is 11.4. The van der Waals surface area contributed by atoms with Crippen LogP contribution in [0.1, 0.15) is 0 Å². The topological polar surface area (TPSA) is 117 Å². The highest BCUT2D eigenvalue weighted by atomic mass is 16.5. The Balaban J connectivity index is 1.72. The Kier molecular flexibility index (Phi) is 6.33. The molecule has 0 aliphatic carbocycles. The normalized spacial score (nSPS) is 10.5. The number of aromatic nitrogens is 3. The van der Waals surface area contributed by atoms with Crippen molar-refractivity contribution in [2.24, 2.45) is 0 Å². The fourth-order valence-corrected chi connectivity index (χ4v) is 3.01. The molecule has 0 spiro atoms. The van der Waals surface area contributed by atoms with Crippen molar-refractivity contribution in [3.05, 3.63) is 78.9 Å². The number of hydrogen-bond donors (Lipinski definition) is 3. The minimum Gasteiger partial charge on any atom is -0.507 e. The summed E-state index contributed by atoms with van der Waals surface area (Å²) in [4.78, 5) is 25.2. The average molecular weight is 428 g/mol. The van der Waals surface area contributed by atoms with Crippen LogP contribution >= 0.6 is 0 Å². The number of aliphatic hydroxyl groups is 1. The molecule has 0 aliphatic heterocycles. The van der Waals surface area contributed by atoms with Gasteiger partial charge in [-0.05, 0) is 12.1 Å². The molecule has 0 unspecified atom stereocenters. The van der Waals surface area contributed by atoms with Crippen LogP contribution < -0.4 is 10.1 Å². The fourth-order valence-electron chi connectivity index (χ4n) is 3.01. The molecule has 1 heterocycles. The van der Waals surface area contributed by atoms with Crippen LogP contribution in [0, 0.1) is 0 Å². The first-order valence-electron chi connectivity index (χ1n) is 9.84. The maximum absolute atomic E-state index is 11.4. The van der Waals surface area contributed by atoms with Crippen LogP contribution in [0.3, 0.4) is 0 Å². The van der Waals surface area contributed by atoms with Gasteiger partial charge in [-0.15, -0.1) is 0 Å². The van der Waals surface area contributed by atoms with Crippen molar-refractivity contribution in [2.45, 2.75) is 0 Å². The highest BCUT2D eigenvalue weighted by molar-refractivity contribution is 5.77. The van der Waals surface area contributed by atoms with Crippen molar-refractivity contribution < 1.29 is 19.7 Å². The van der Waals surface area contributed by atoms with Crippen LogP contribution in [0.25, 0.3) is 34.2 Å². The van der Waals surface area contributed by atoms with Crippen LogP contribution in [0.5, 0.6) is 11.5 Å². The molecular weight excluding hydrogens is 408 g/mol. The highest BCUT2D eigenvalue weighted by Gasteiger charge is 2.15. The Morgan fingerprint density at radius 2 is 1.38 bits per heavy atom. The Labute approximate surface area is 184 Å². The lowest BCUT2D eigenvalue weighted by molar-refractivity contribution is -0.124. The van der Waals surface area contributed by atoms with Gasteiger partial charge >= 0.3 is 0 Å². The molecule has 160 valence electrons. The first-order valence-corrected chi connectivity index (χ1v) is 9.84. The van der Waals surface area contributed by atoms with Crippen LogP contribution in [-0.4, -0.2) is 44.4 Å². The van der Waals surface area contributed by atoms with Crippen molar-refractivity contribution in [1.29, 1.82) is 0 Å². The second-order valence-electron chi connectivity index (χ2n) is 6.76. The summed E-state index contributed by atoms with van der Waals surface area (Å²) in [5.41, 5.74) is 2.04. The van der Waals surface area contributed by atoms with Crippen LogP contribution in [0.2, 0.25) is 0 Å². The van der Waals surface area contributed by atoms with Gasteiger partial charge in [-0.1, -0.05) is 60.7 Å². The molecule has 3 aromatic carbocycles. The van der Waals surface area contributed by atoms with Crippen LogP contribution in [-0.2, 0) is 4.79 Å². The molecule has 3 N–H and O–H groups in total. The van der Waals surface area contributed by atoms with Crippen molar-refractivity contribution in [1.82, 2.24) is 20.3 Å². The molecule has 32 heavy (non-hydrogen) atoms. The minimum absolute atomic E-state index is 0.103. The molecule has 4 rings (SSSR count). The lowest BCUT2D eigenvalue weighted by atomic mass is 10.1. The zero-order valence-electron chi connectivity index (χ0n) is 17.0. The van der Waals surface area contributed by atoms with Gasteiger partial charge in [0.2, 0.25) is 0 Å². The predicted molar refractivity (Wildman–Crippen MR) is 119 cm³/mol. The molecule has 1 amide bonds. The molecule has 1 aromatic heterocycles. The summed E-state index contributed by atoms with van der Waals surface area (Å²) >= 11 is 0. The first-order chi connectivity index (χ1) is 15.6. The molecular formula is C24H20N4O4. The van der Waals surface area contributed by atoms with Crippen molar-refractivity contribution in [2.75, 3.05) is 13.3 Å². The smallest absolute Gasteiger partial charge is 0.259 e. The van der Waals surface area contributed by atoms with E-state index in [1.54, 1.807) is 12.1 Å². The highest BCUT2D eigenvalue weighted by Crippen LogP contribution is 2.32. The van der Waals surface area contributed by atoms with E-state index in [9.17, 15) is 9.90 Å². The van der Waals surface area contributed by atoms with Gasteiger partial charge in [-0.2, -0.15) is 0 Å². The molecule has 0 bridgehead atoms. The Morgan fingerprint density at radius 1 is 0.812 bits per heavy atom. The largest absolute Gasteiger partial charge is 0.507 e. The van der Waals surface area contributed by atoms with Gasteiger partial charge < -0.3 is 20.3 Å². The van der Waals surface area contributed by atoms with E-state index >= 15 is 0 Å². The van der Waals surface area contributed by atoms with E-state index in [1.165, 1.54) is 6.07 Å². The monoisotopic (exact) mass is 428 g/mol. The van der Waals surface area contributed by atoms with Gasteiger partial charge in [0.1, 0.15) is 18.2 Å². The Morgan fingerprint density at radius 3 is 1.91 bits per heavy atom. The van der Waals surface area contributed by atoms with E-state index < -0.39 is 12.6 Å². The second kappa shape index (κ2) is 9.67. The predicted octanol–water partition coefficient (Wildman–Crippen LogP) is 3.02. The number of aliphatic hydroxyl groups excluding tert-OH is 1. The number of ether oxygens (including phenoxy) is 1. The third kappa shape index (κ3) is 4.88. The van der Waals surface area contributed by atoms with Gasteiger partial charge in [0, 0.05) is 17.2 Å². The van der Waals surface area contributed by atoms with Gasteiger partial charge in [-0.25, -0.2) is 15.0 Å². The summed E-state index contributed by atoms with van der Waals surface area (Å²) in [6, 6.07) is 23.7. The van der Waals surface area contributed by atoms with Crippen molar-refractivity contribution in [3.63, 3.8) is 0 Å². The average Bonchev–Trinajstić information content (AvgIpc) is 2.84. The molecule has 0 atom stereocenters. The summed E-state index contributed by atoms with van der Waals surface area (Å²) in [7, 11) is 0.